The minimum absolute atomic E-state index is 0.217. The lowest BCUT2D eigenvalue weighted by Crippen LogP contribution is -2.19. The topological polar surface area (TPSA) is 39.1 Å². The Labute approximate surface area is 127 Å². The van der Waals surface area contributed by atoms with Gasteiger partial charge in [-0.2, -0.15) is 5.10 Å². The van der Waals surface area contributed by atoms with Crippen LogP contribution in [0.2, 0.25) is 0 Å². The van der Waals surface area contributed by atoms with Gasteiger partial charge in [0.25, 0.3) is 0 Å². The smallest absolute Gasteiger partial charge is 0.123 e. The third-order valence-corrected chi connectivity index (χ3v) is 3.90. The van der Waals surface area contributed by atoms with Gasteiger partial charge in [0, 0.05) is 30.4 Å². The molecule has 4 heteroatoms. The Hall–Kier alpha value is -1.81. The number of aromatic nitrogens is 2. The predicted octanol–water partition coefficient (Wildman–Crippen LogP) is 3.71. The van der Waals surface area contributed by atoms with Crippen LogP contribution in [0.25, 0.3) is 0 Å². The summed E-state index contributed by atoms with van der Waals surface area (Å²) in [5.41, 5.74) is 2.23. The van der Waals surface area contributed by atoms with Gasteiger partial charge in [0.05, 0.1) is 12.8 Å². The van der Waals surface area contributed by atoms with Crippen molar-refractivity contribution >= 4 is 0 Å². The summed E-state index contributed by atoms with van der Waals surface area (Å²) in [6.07, 6.45) is 3.14. The van der Waals surface area contributed by atoms with Gasteiger partial charge in [-0.15, -0.1) is 0 Å². The quantitative estimate of drug-likeness (QED) is 0.843. The van der Waals surface area contributed by atoms with Crippen LogP contribution in [-0.4, -0.2) is 16.9 Å². The molecule has 0 saturated heterocycles. The Morgan fingerprint density at radius 3 is 2.71 bits per heavy atom. The van der Waals surface area contributed by atoms with E-state index in [1.807, 2.05) is 22.9 Å². The lowest BCUT2D eigenvalue weighted by atomic mass is 10.1. The van der Waals surface area contributed by atoms with Gasteiger partial charge in [-0.25, -0.2) is 0 Å². The van der Waals surface area contributed by atoms with Crippen LogP contribution in [0.1, 0.15) is 50.5 Å². The van der Waals surface area contributed by atoms with Crippen LogP contribution in [0.4, 0.5) is 0 Å². The summed E-state index contributed by atoms with van der Waals surface area (Å²) in [6.45, 7) is 7.25. The molecule has 0 aliphatic carbocycles. The molecule has 21 heavy (non-hydrogen) atoms. The number of para-hydroxylation sites is 1. The molecular weight excluding hydrogens is 262 g/mol. The van der Waals surface area contributed by atoms with Crippen molar-refractivity contribution in [3.05, 3.63) is 47.8 Å². The fraction of sp³-hybridized carbons (Fsp3) is 0.471. The SMILES string of the molecule is CCC(C)n1ccc(CN[C@H](C)c2ccccc2OC)n1. The molecule has 4 nitrogen and oxygen atoms in total. The number of nitrogens with one attached hydrogen (secondary N) is 1. The first-order valence-corrected chi connectivity index (χ1v) is 7.56. The second-order valence-corrected chi connectivity index (χ2v) is 5.39. The van der Waals surface area contributed by atoms with E-state index in [2.05, 4.69) is 49.5 Å². The molecule has 0 fully saturated rings. The average molecular weight is 287 g/mol. The molecule has 0 radical (unpaired) electrons. The molecule has 1 N–H and O–H groups in total. The molecule has 1 unspecified atom stereocenters. The molecule has 0 amide bonds. The fourth-order valence-corrected chi connectivity index (χ4v) is 2.30. The van der Waals surface area contributed by atoms with E-state index in [4.69, 9.17) is 4.74 Å². The molecule has 1 aromatic carbocycles. The minimum atomic E-state index is 0.217. The maximum absolute atomic E-state index is 5.41. The standard InChI is InChI=1S/C17H25N3O/c1-5-13(2)20-11-10-15(19-20)12-18-14(3)16-8-6-7-9-17(16)21-4/h6-11,13-14,18H,5,12H2,1-4H3/t13?,14-/m1/s1. The van der Waals surface area contributed by atoms with Gasteiger partial charge in [0.2, 0.25) is 0 Å². The first-order valence-electron chi connectivity index (χ1n) is 7.56. The van der Waals surface area contributed by atoms with E-state index in [1.54, 1.807) is 7.11 Å². The van der Waals surface area contributed by atoms with Crippen LogP contribution in [0.5, 0.6) is 5.75 Å². The third-order valence-electron chi connectivity index (χ3n) is 3.90. The maximum Gasteiger partial charge on any atom is 0.123 e. The van der Waals surface area contributed by atoms with Crippen molar-refractivity contribution < 1.29 is 4.74 Å². The van der Waals surface area contributed by atoms with Crippen LogP contribution in [0, 0.1) is 0 Å². The number of benzene rings is 1. The summed E-state index contributed by atoms with van der Waals surface area (Å²) >= 11 is 0. The van der Waals surface area contributed by atoms with E-state index in [0.717, 1.165) is 24.4 Å². The van der Waals surface area contributed by atoms with E-state index in [-0.39, 0.29) is 6.04 Å². The molecule has 2 rings (SSSR count). The van der Waals surface area contributed by atoms with Gasteiger partial charge in [-0.3, -0.25) is 4.68 Å². The van der Waals surface area contributed by atoms with Crippen LogP contribution in [0.3, 0.4) is 0 Å². The second kappa shape index (κ2) is 7.27. The van der Waals surface area contributed by atoms with Crippen LogP contribution in [0.15, 0.2) is 36.5 Å². The van der Waals surface area contributed by atoms with Crippen molar-refractivity contribution in [2.24, 2.45) is 0 Å². The zero-order valence-corrected chi connectivity index (χ0v) is 13.3. The van der Waals surface area contributed by atoms with Gasteiger partial charge in [0.15, 0.2) is 0 Å². The highest BCUT2D eigenvalue weighted by molar-refractivity contribution is 5.35. The first-order chi connectivity index (χ1) is 10.2. The average Bonchev–Trinajstić information content (AvgIpc) is 3.00. The van der Waals surface area contributed by atoms with E-state index in [0.29, 0.717) is 6.04 Å². The summed E-state index contributed by atoms with van der Waals surface area (Å²) in [5, 5.41) is 8.12. The van der Waals surface area contributed by atoms with Gasteiger partial charge < -0.3 is 10.1 Å². The highest BCUT2D eigenvalue weighted by Crippen LogP contribution is 2.24. The Kier molecular flexibility index (Phi) is 5.39. The number of hydrogen-bond acceptors (Lipinski definition) is 3. The van der Waals surface area contributed by atoms with Crippen molar-refractivity contribution in [3.63, 3.8) is 0 Å². The van der Waals surface area contributed by atoms with E-state index < -0.39 is 0 Å². The lowest BCUT2D eigenvalue weighted by molar-refractivity contribution is 0.401. The molecule has 0 bridgehead atoms. The summed E-state index contributed by atoms with van der Waals surface area (Å²) < 4.78 is 7.44. The van der Waals surface area contributed by atoms with Gasteiger partial charge >= 0.3 is 0 Å². The van der Waals surface area contributed by atoms with Crippen LogP contribution >= 0.6 is 0 Å². The molecule has 2 atom stereocenters. The van der Waals surface area contributed by atoms with Crippen molar-refractivity contribution in [2.75, 3.05) is 7.11 Å². The molecule has 0 aliphatic heterocycles. The number of nitrogens with zero attached hydrogens (tertiary/aromatic N) is 2. The Morgan fingerprint density at radius 2 is 2.00 bits per heavy atom. The number of hydrogen-bond donors (Lipinski definition) is 1. The third kappa shape index (κ3) is 3.85. The van der Waals surface area contributed by atoms with Gasteiger partial charge in [-0.1, -0.05) is 25.1 Å². The molecule has 0 spiro atoms. The number of methoxy groups -OCH3 is 1. The van der Waals surface area contributed by atoms with Crippen LogP contribution < -0.4 is 10.1 Å². The highest BCUT2D eigenvalue weighted by Gasteiger charge is 2.11. The van der Waals surface area contributed by atoms with E-state index in [9.17, 15) is 0 Å². The van der Waals surface area contributed by atoms with Gasteiger partial charge in [-0.05, 0) is 32.4 Å². The molecule has 2 aromatic rings. The Bertz CT molecular complexity index is 565. The number of rotatable bonds is 7. The largest absolute Gasteiger partial charge is 0.496 e. The van der Waals surface area contributed by atoms with E-state index >= 15 is 0 Å². The van der Waals surface area contributed by atoms with Gasteiger partial charge in [0.1, 0.15) is 5.75 Å². The van der Waals surface area contributed by atoms with Crippen molar-refractivity contribution in [3.8, 4) is 5.75 Å². The Balaban J connectivity index is 1.97. The monoisotopic (exact) mass is 287 g/mol. The highest BCUT2D eigenvalue weighted by atomic mass is 16.5. The predicted molar refractivity (Wildman–Crippen MR) is 85.5 cm³/mol. The van der Waals surface area contributed by atoms with Crippen LogP contribution in [-0.2, 0) is 6.54 Å². The minimum Gasteiger partial charge on any atom is -0.496 e. The molecule has 0 aliphatic rings. The summed E-state index contributed by atoms with van der Waals surface area (Å²) in [4.78, 5) is 0. The second-order valence-electron chi connectivity index (χ2n) is 5.39. The lowest BCUT2D eigenvalue weighted by Gasteiger charge is -2.16. The maximum atomic E-state index is 5.41. The normalized spacial score (nSPS) is 13.9. The molecular formula is C17H25N3O. The van der Waals surface area contributed by atoms with Crippen molar-refractivity contribution in [1.82, 2.24) is 15.1 Å². The molecule has 114 valence electrons. The van der Waals surface area contributed by atoms with Crippen molar-refractivity contribution in [1.29, 1.82) is 0 Å². The van der Waals surface area contributed by atoms with Crippen molar-refractivity contribution in [2.45, 2.75) is 45.8 Å². The summed E-state index contributed by atoms with van der Waals surface area (Å²) in [7, 11) is 1.71. The molecule has 1 aromatic heterocycles. The molecule has 1 heterocycles. The summed E-state index contributed by atoms with van der Waals surface area (Å²) in [6, 6.07) is 10.9. The number of ether oxygens (including phenoxy) is 1. The zero-order chi connectivity index (χ0) is 15.2. The Morgan fingerprint density at radius 1 is 1.24 bits per heavy atom. The summed E-state index contributed by atoms with van der Waals surface area (Å²) in [5.74, 6) is 0.919. The molecule has 0 saturated carbocycles. The fourth-order valence-electron chi connectivity index (χ4n) is 2.30. The zero-order valence-electron chi connectivity index (χ0n) is 13.3. The van der Waals surface area contributed by atoms with E-state index in [1.165, 1.54) is 5.56 Å². The first kappa shape index (κ1) is 15.6.